The molecular formula is C14H13I3N2O6. The van der Waals surface area contributed by atoms with Gasteiger partial charge < -0.3 is 20.1 Å². The van der Waals surface area contributed by atoms with Crippen molar-refractivity contribution in [2.45, 2.75) is 27.1 Å². The lowest BCUT2D eigenvalue weighted by Gasteiger charge is -2.20. The van der Waals surface area contributed by atoms with Crippen molar-refractivity contribution >= 4 is 103 Å². The van der Waals surface area contributed by atoms with Crippen molar-refractivity contribution in [1.82, 2.24) is 0 Å². The molecule has 136 valence electrons. The van der Waals surface area contributed by atoms with Crippen molar-refractivity contribution in [2.24, 2.45) is 0 Å². The molecule has 0 saturated heterocycles. The molecule has 0 radical (unpaired) electrons. The summed E-state index contributed by atoms with van der Waals surface area (Å²) >= 11 is 5.80. The molecule has 1 rings (SSSR count). The molecule has 0 heterocycles. The van der Waals surface area contributed by atoms with Crippen LogP contribution < -0.4 is 10.6 Å². The number of halogens is 3. The second-order valence-corrected chi connectivity index (χ2v) is 7.87. The fourth-order valence-electron chi connectivity index (χ4n) is 1.73. The third-order valence-corrected chi connectivity index (χ3v) is 5.88. The molecule has 1 aromatic rings. The maximum Gasteiger partial charge on any atom is 0.343 e. The van der Waals surface area contributed by atoms with E-state index in [4.69, 9.17) is 4.74 Å². The third kappa shape index (κ3) is 5.90. The van der Waals surface area contributed by atoms with E-state index in [1.54, 1.807) is 0 Å². The molecule has 0 aliphatic heterocycles. The van der Waals surface area contributed by atoms with Crippen LogP contribution in [-0.4, -0.2) is 30.5 Å². The normalized spacial score (nSPS) is 11.3. The first kappa shape index (κ1) is 22.3. The number of carbonyl (C=O) groups is 4. The van der Waals surface area contributed by atoms with Gasteiger partial charge in [-0.25, -0.2) is 4.79 Å². The van der Waals surface area contributed by atoms with Crippen LogP contribution in [0, 0.1) is 10.7 Å². The highest BCUT2D eigenvalue weighted by molar-refractivity contribution is 14.1. The lowest BCUT2D eigenvalue weighted by molar-refractivity contribution is -0.149. The zero-order valence-corrected chi connectivity index (χ0v) is 19.7. The largest absolute Gasteiger partial charge is 0.428 e. The summed E-state index contributed by atoms with van der Waals surface area (Å²) in [4.78, 5) is 45.8. The van der Waals surface area contributed by atoms with Crippen LogP contribution in [0.3, 0.4) is 0 Å². The smallest absolute Gasteiger partial charge is 0.343 e. The fourth-order valence-corrected chi connectivity index (χ4v) is 5.88. The van der Waals surface area contributed by atoms with Gasteiger partial charge in [-0.05, 0) is 67.8 Å². The van der Waals surface area contributed by atoms with Gasteiger partial charge in [-0.3, -0.25) is 14.4 Å². The molecule has 0 aliphatic carbocycles. The third-order valence-electron chi connectivity index (χ3n) is 2.64. The minimum atomic E-state index is -1.08. The molecule has 1 atom stereocenters. The molecule has 8 nitrogen and oxygen atoms in total. The van der Waals surface area contributed by atoms with Crippen LogP contribution in [0.5, 0.6) is 0 Å². The van der Waals surface area contributed by atoms with E-state index in [1.807, 2.05) is 67.8 Å². The molecule has 25 heavy (non-hydrogen) atoms. The Morgan fingerprint density at radius 1 is 0.960 bits per heavy atom. The minimum absolute atomic E-state index is 0.149. The van der Waals surface area contributed by atoms with Gasteiger partial charge in [0.1, 0.15) is 0 Å². The van der Waals surface area contributed by atoms with Gasteiger partial charge in [0.15, 0.2) is 0 Å². The van der Waals surface area contributed by atoms with Crippen LogP contribution in [0.25, 0.3) is 0 Å². The summed E-state index contributed by atoms with van der Waals surface area (Å²) < 4.78 is 11.1. The second-order valence-electron chi connectivity index (χ2n) is 4.63. The fraction of sp³-hybridized carbons (Fsp3) is 0.286. The predicted molar refractivity (Wildman–Crippen MR) is 115 cm³/mol. The maximum absolute atomic E-state index is 12.5. The summed E-state index contributed by atoms with van der Waals surface area (Å²) in [6, 6.07) is 0. The van der Waals surface area contributed by atoms with E-state index in [2.05, 4.69) is 15.4 Å². The molecule has 0 fully saturated rings. The summed E-state index contributed by atoms with van der Waals surface area (Å²) in [7, 11) is 0. The minimum Gasteiger partial charge on any atom is -0.428 e. The topological polar surface area (TPSA) is 111 Å². The first-order chi connectivity index (χ1) is 11.6. The van der Waals surface area contributed by atoms with Crippen molar-refractivity contribution in [1.29, 1.82) is 0 Å². The summed E-state index contributed by atoms with van der Waals surface area (Å²) in [5.41, 5.74) is 0.915. The molecule has 0 aromatic heterocycles. The highest BCUT2D eigenvalue weighted by Crippen LogP contribution is 2.39. The Morgan fingerprint density at radius 2 is 1.40 bits per heavy atom. The van der Waals surface area contributed by atoms with Crippen LogP contribution in [0.4, 0.5) is 11.4 Å². The number of hydrogen-bond acceptors (Lipinski definition) is 6. The number of hydrogen-bond donors (Lipinski definition) is 2. The average Bonchev–Trinajstić information content (AvgIpc) is 2.48. The van der Waals surface area contributed by atoms with Crippen molar-refractivity contribution in [3.05, 3.63) is 16.3 Å². The van der Waals surface area contributed by atoms with E-state index >= 15 is 0 Å². The van der Waals surface area contributed by atoms with E-state index in [9.17, 15) is 19.2 Å². The second kappa shape index (κ2) is 9.84. The maximum atomic E-state index is 12.5. The van der Waals surface area contributed by atoms with E-state index in [1.165, 1.54) is 20.8 Å². The van der Waals surface area contributed by atoms with E-state index in [0.29, 0.717) is 22.1 Å². The molecule has 0 bridgehead atoms. The Bertz CT molecular complexity index is 695. The number of nitrogens with one attached hydrogen (secondary N) is 2. The number of benzene rings is 1. The molecule has 0 aliphatic rings. The van der Waals surface area contributed by atoms with Crippen LogP contribution in [0.15, 0.2) is 0 Å². The summed E-state index contributed by atoms with van der Waals surface area (Å²) in [5.74, 6) is -1.41. The van der Waals surface area contributed by atoms with Crippen molar-refractivity contribution in [3.8, 4) is 0 Å². The predicted octanol–water partition coefficient (Wildman–Crippen LogP) is 3.09. The average molecular weight is 686 g/mol. The van der Waals surface area contributed by atoms with Crippen LogP contribution in [0.2, 0.25) is 0 Å². The standard InChI is InChI=1S/C14H13I3N2O6/c1-5(21)18-12-9(15)8(14(23)25-7(3)24-4-20)10(16)13(11(12)17)19-6(2)22/h4,7H,1-3H3,(H,18,21)(H,19,22). The van der Waals surface area contributed by atoms with Gasteiger partial charge in [0.05, 0.1) is 27.6 Å². The number of esters is 1. The quantitative estimate of drug-likeness (QED) is 0.206. The summed E-state index contributed by atoms with van der Waals surface area (Å²) in [5, 5.41) is 5.30. The Morgan fingerprint density at radius 3 is 1.76 bits per heavy atom. The Kier molecular flexibility index (Phi) is 8.79. The van der Waals surface area contributed by atoms with Gasteiger partial charge >= 0.3 is 5.97 Å². The highest BCUT2D eigenvalue weighted by atomic mass is 127. The van der Waals surface area contributed by atoms with Gasteiger partial charge in [-0.2, -0.15) is 0 Å². The molecule has 0 spiro atoms. The molecular weight excluding hydrogens is 673 g/mol. The first-order valence-corrected chi connectivity index (χ1v) is 9.89. The molecule has 1 aromatic carbocycles. The molecule has 2 N–H and O–H groups in total. The highest BCUT2D eigenvalue weighted by Gasteiger charge is 2.27. The van der Waals surface area contributed by atoms with Crippen molar-refractivity contribution in [3.63, 3.8) is 0 Å². The van der Waals surface area contributed by atoms with Crippen LogP contribution >= 0.6 is 67.8 Å². The zero-order valence-electron chi connectivity index (χ0n) is 13.2. The number of carbonyl (C=O) groups excluding carboxylic acids is 4. The van der Waals surface area contributed by atoms with Gasteiger partial charge in [0.2, 0.25) is 18.1 Å². The zero-order chi connectivity index (χ0) is 19.3. The Hall–Kier alpha value is -0.710. The van der Waals surface area contributed by atoms with Gasteiger partial charge in [-0.15, -0.1) is 0 Å². The molecule has 2 amide bonds. The summed E-state index contributed by atoms with van der Waals surface area (Å²) in [6.07, 6.45) is -1.08. The molecule has 0 saturated carbocycles. The van der Waals surface area contributed by atoms with E-state index < -0.39 is 12.3 Å². The van der Waals surface area contributed by atoms with Gasteiger partial charge in [0, 0.05) is 20.8 Å². The van der Waals surface area contributed by atoms with E-state index in [-0.39, 0.29) is 23.9 Å². The lowest BCUT2D eigenvalue weighted by atomic mass is 10.1. The monoisotopic (exact) mass is 686 g/mol. The molecule has 11 heteroatoms. The van der Waals surface area contributed by atoms with Crippen LogP contribution in [-0.2, 0) is 23.9 Å². The number of ether oxygens (including phenoxy) is 2. The Balaban J connectivity index is 3.53. The number of rotatable bonds is 6. The number of anilines is 2. The van der Waals surface area contributed by atoms with Crippen molar-refractivity contribution < 1.29 is 28.7 Å². The van der Waals surface area contributed by atoms with E-state index in [0.717, 1.165) is 0 Å². The molecule has 1 unspecified atom stereocenters. The van der Waals surface area contributed by atoms with Crippen LogP contribution in [0.1, 0.15) is 31.1 Å². The van der Waals surface area contributed by atoms with Crippen molar-refractivity contribution in [2.75, 3.05) is 10.6 Å². The Labute approximate surface area is 184 Å². The van der Waals surface area contributed by atoms with Gasteiger partial charge in [0.25, 0.3) is 6.47 Å². The number of amides is 2. The SMILES string of the molecule is CC(=O)Nc1c(I)c(NC(C)=O)c(I)c(C(=O)OC(C)OC=O)c1I. The lowest BCUT2D eigenvalue weighted by Crippen LogP contribution is -2.22. The van der Waals surface area contributed by atoms with Gasteiger partial charge in [-0.1, -0.05) is 0 Å². The summed E-state index contributed by atoms with van der Waals surface area (Å²) in [6.45, 7) is 4.23. The first-order valence-electron chi connectivity index (χ1n) is 6.65.